The number of thiophene rings is 1. The monoisotopic (exact) mass is 385 g/mol. The largest absolute Gasteiger partial charge is 0.366 e. The number of anilines is 2. The quantitative estimate of drug-likeness (QED) is 0.526. The van der Waals surface area contributed by atoms with E-state index >= 15 is 0 Å². The van der Waals surface area contributed by atoms with Gasteiger partial charge in [-0.3, -0.25) is 4.98 Å². The number of nitrogens with one attached hydrogen (secondary N) is 2. The van der Waals surface area contributed by atoms with Gasteiger partial charge in [0.05, 0.1) is 19.7 Å². The SMILES string of the molecule is Cc1c(Br)sc2c(Nc3cc[nH]c3)nc(-c3ccncc3)nc12. The molecule has 0 unspecified atom stereocenters. The van der Waals surface area contributed by atoms with Gasteiger partial charge in [-0.1, -0.05) is 0 Å². The molecule has 4 aromatic rings. The van der Waals surface area contributed by atoms with Crippen LogP contribution in [0.3, 0.4) is 0 Å². The number of aryl methyl sites for hydroxylation is 1. The molecule has 0 amide bonds. The van der Waals surface area contributed by atoms with Crippen molar-refractivity contribution in [1.82, 2.24) is 19.9 Å². The van der Waals surface area contributed by atoms with Crippen LogP contribution >= 0.6 is 27.3 Å². The summed E-state index contributed by atoms with van der Waals surface area (Å²) in [7, 11) is 0. The normalized spacial score (nSPS) is 11.0. The third kappa shape index (κ3) is 2.62. The molecule has 0 radical (unpaired) electrons. The van der Waals surface area contributed by atoms with E-state index < -0.39 is 0 Å². The molecule has 0 spiro atoms. The van der Waals surface area contributed by atoms with E-state index in [1.807, 2.05) is 30.6 Å². The highest BCUT2D eigenvalue weighted by atomic mass is 79.9. The summed E-state index contributed by atoms with van der Waals surface area (Å²) in [5.74, 6) is 1.49. The van der Waals surface area contributed by atoms with Gasteiger partial charge in [0.1, 0.15) is 0 Å². The maximum absolute atomic E-state index is 4.75. The molecule has 4 rings (SSSR count). The second-order valence-electron chi connectivity index (χ2n) is 5.03. The van der Waals surface area contributed by atoms with Gasteiger partial charge in [0.25, 0.3) is 0 Å². The average molecular weight is 386 g/mol. The number of aromatic nitrogens is 4. The predicted octanol–water partition coefficient (Wildman–Crippen LogP) is 4.90. The summed E-state index contributed by atoms with van der Waals surface area (Å²) in [6.45, 7) is 2.06. The zero-order valence-electron chi connectivity index (χ0n) is 12.2. The van der Waals surface area contributed by atoms with Crippen molar-refractivity contribution in [3.05, 3.63) is 52.3 Å². The molecule has 0 bridgehead atoms. The van der Waals surface area contributed by atoms with E-state index in [1.54, 1.807) is 23.7 Å². The summed E-state index contributed by atoms with van der Waals surface area (Å²) in [5, 5.41) is 3.37. The molecule has 5 nitrogen and oxygen atoms in total. The van der Waals surface area contributed by atoms with Crippen molar-refractivity contribution < 1.29 is 0 Å². The second kappa shape index (κ2) is 5.75. The van der Waals surface area contributed by atoms with Crippen molar-refractivity contribution >= 4 is 49.0 Å². The molecule has 7 heteroatoms. The Morgan fingerprint density at radius 1 is 1.17 bits per heavy atom. The van der Waals surface area contributed by atoms with Crippen molar-refractivity contribution in [2.45, 2.75) is 6.92 Å². The van der Waals surface area contributed by atoms with E-state index in [2.05, 4.69) is 38.1 Å². The number of nitrogens with zero attached hydrogens (tertiary/aromatic N) is 3. The molecule has 0 fully saturated rings. The molecule has 0 saturated carbocycles. The summed E-state index contributed by atoms with van der Waals surface area (Å²) in [4.78, 5) is 16.6. The number of fused-ring (bicyclic) bond motifs is 1. The Labute approximate surface area is 145 Å². The third-order valence-corrected chi connectivity index (χ3v) is 5.66. The summed E-state index contributed by atoms with van der Waals surface area (Å²) < 4.78 is 2.11. The number of aromatic amines is 1. The van der Waals surface area contributed by atoms with Gasteiger partial charge in [0, 0.05) is 35.9 Å². The van der Waals surface area contributed by atoms with Gasteiger partial charge in [-0.2, -0.15) is 0 Å². The standard InChI is InChI=1S/C16H12BrN5S/c1-9-12-13(23-14(9)17)16(20-11-4-7-19-8-11)22-15(21-12)10-2-5-18-6-3-10/h2-8,19H,1H3,(H,20,21,22). The summed E-state index contributed by atoms with van der Waals surface area (Å²) in [6, 6.07) is 5.80. The average Bonchev–Trinajstić information content (AvgIpc) is 3.18. The van der Waals surface area contributed by atoms with Gasteiger partial charge in [-0.15, -0.1) is 11.3 Å². The molecule has 23 heavy (non-hydrogen) atoms. The molecule has 0 atom stereocenters. The van der Waals surface area contributed by atoms with Crippen LogP contribution in [0.15, 0.2) is 46.8 Å². The Balaban J connectivity index is 1.93. The molecule has 2 N–H and O–H groups in total. The minimum absolute atomic E-state index is 0.686. The lowest BCUT2D eigenvalue weighted by Crippen LogP contribution is -1.97. The number of pyridine rings is 1. The molecular weight excluding hydrogens is 374 g/mol. The van der Waals surface area contributed by atoms with Crippen LogP contribution in [-0.4, -0.2) is 19.9 Å². The minimum atomic E-state index is 0.686. The topological polar surface area (TPSA) is 66.5 Å². The summed E-state index contributed by atoms with van der Waals surface area (Å²) in [5.41, 5.74) is 4.00. The fourth-order valence-electron chi connectivity index (χ4n) is 2.31. The smallest absolute Gasteiger partial charge is 0.162 e. The Bertz CT molecular complexity index is 963. The predicted molar refractivity (Wildman–Crippen MR) is 97.2 cm³/mol. The Morgan fingerprint density at radius 2 is 2.00 bits per heavy atom. The highest BCUT2D eigenvalue weighted by Gasteiger charge is 2.16. The molecule has 0 aliphatic rings. The molecule has 4 aromatic heterocycles. The first-order chi connectivity index (χ1) is 11.2. The van der Waals surface area contributed by atoms with E-state index in [1.165, 1.54) is 0 Å². The van der Waals surface area contributed by atoms with Crippen molar-refractivity contribution in [1.29, 1.82) is 0 Å². The number of hydrogen-bond acceptors (Lipinski definition) is 5. The van der Waals surface area contributed by atoms with Gasteiger partial charge < -0.3 is 10.3 Å². The zero-order chi connectivity index (χ0) is 15.8. The molecule has 0 aromatic carbocycles. The summed E-state index contributed by atoms with van der Waals surface area (Å²) in [6.07, 6.45) is 7.27. The Kier molecular flexibility index (Phi) is 3.59. The Hall–Kier alpha value is -2.25. The van der Waals surface area contributed by atoms with Gasteiger partial charge in [-0.25, -0.2) is 9.97 Å². The van der Waals surface area contributed by atoms with Crippen LogP contribution in [0.25, 0.3) is 21.6 Å². The van der Waals surface area contributed by atoms with E-state index in [9.17, 15) is 0 Å². The lowest BCUT2D eigenvalue weighted by atomic mass is 10.2. The van der Waals surface area contributed by atoms with E-state index in [-0.39, 0.29) is 0 Å². The van der Waals surface area contributed by atoms with Crippen molar-refractivity contribution in [3.8, 4) is 11.4 Å². The van der Waals surface area contributed by atoms with Gasteiger partial charge in [0.15, 0.2) is 11.6 Å². The first-order valence-corrected chi connectivity index (χ1v) is 8.60. The van der Waals surface area contributed by atoms with Crippen LogP contribution in [0.4, 0.5) is 11.5 Å². The first kappa shape index (κ1) is 14.3. The highest BCUT2D eigenvalue weighted by Crippen LogP contribution is 2.39. The molecule has 0 aliphatic carbocycles. The summed E-state index contributed by atoms with van der Waals surface area (Å²) >= 11 is 5.25. The highest BCUT2D eigenvalue weighted by molar-refractivity contribution is 9.11. The van der Waals surface area contributed by atoms with Crippen LogP contribution in [0.5, 0.6) is 0 Å². The van der Waals surface area contributed by atoms with Crippen LogP contribution in [0.2, 0.25) is 0 Å². The lowest BCUT2D eigenvalue weighted by molar-refractivity contribution is 1.21. The maximum atomic E-state index is 4.75. The number of H-pyrrole nitrogens is 1. The molecule has 4 heterocycles. The van der Waals surface area contributed by atoms with E-state index in [0.717, 1.165) is 36.6 Å². The lowest BCUT2D eigenvalue weighted by Gasteiger charge is -2.07. The van der Waals surface area contributed by atoms with Gasteiger partial charge in [-0.05, 0) is 41.1 Å². The number of rotatable bonds is 3. The van der Waals surface area contributed by atoms with E-state index in [0.29, 0.717) is 5.82 Å². The van der Waals surface area contributed by atoms with Crippen molar-refractivity contribution in [3.63, 3.8) is 0 Å². The van der Waals surface area contributed by atoms with E-state index in [4.69, 9.17) is 9.97 Å². The number of hydrogen-bond donors (Lipinski definition) is 2. The van der Waals surface area contributed by atoms with Crippen LogP contribution < -0.4 is 5.32 Å². The second-order valence-corrected chi connectivity index (χ2v) is 7.37. The third-order valence-electron chi connectivity index (χ3n) is 3.51. The molecule has 114 valence electrons. The van der Waals surface area contributed by atoms with Gasteiger partial charge >= 0.3 is 0 Å². The number of halogens is 1. The fourth-order valence-corrected chi connectivity index (χ4v) is 3.90. The Morgan fingerprint density at radius 3 is 2.74 bits per heavy atom. The molecular formula is C16H12BrN5S. The van der Waals surface area contributed by atoms with Gasteiger partial charge in [0.2, 0.25) is 0 Å². The minimum Gasteiger partial charge on any atom is -0.366 e. The van der Waals surface area contributed by atoms with Crippen LogP contribution in [0.1, 0.15) is 5.56 Å². The van der Waals surface area contributed by atoms with Crippen LogP contribution in [0, 0.1) is 6.92 Å². The maximum Gasteiger partial charge on any atom is 0.162 e. The van der Waals surface area contributed by atoms with Crippen molar-refractivity contribution in [2.24, 2.45) is 0 Å². The van der Waals surface area contributed by atoms with Crippen molar-refractivity contribution in [2.75, 3.05) is 5.32 Å². The molecule has 0 saturated heterocycles. The fraction of sp³-hybridized carbons (Fsp3) is 0.0625. The zero-order valence-corrected chi connectivity index (χ0v) is 14.6. The first-order valence-electron chi connectivity index (χ1n) is 6.99. The molecule has 0 aliphatic heterocycles. The van der Waals surface area contributed by atoms with Crippen LogP contribution in [-0.2, 0) is 0 Å².